The van der Waals surface area contributed by atoms with Crippen molar-refractivity contribution in [2.24, 2.45) is 0 Å². The van der Waals surface area contributed by atoms with E-state index in [1.807, 2.05) is 32.0 Å². The van der Waals surface area contributed by atoms with E-state index in [1.165, 1.54) is 6.08 Å². The van der Waals surface area contributed by atoms with Crippen molar-refractivity contribution in [2.45, 2.75) is 13.8 Å². The fourth-order valence-corrected chi connectivity index (χ4v) is 3.00. The van der Waals surface area contributed by atoms with Crippen LogP contribution in [-0.2, 0) is 4.79 Å². The van der Waals surface area contributed by atoms with Crippen molar-refractivity contribution in [3.05, 3.63) is 57.6 Å². The van der Waals surface area contributed by atoms with Crippen molar-refractivity contribution < 1.29 is 19.0 Å². The van der Waals surface area contributed by atoms with Gasteiger partial charge in [0.2, 0.25) is 0 Å². The monoisotopic (exact) mass is 390 g/mol. The summed E-state index contributed by atoms with van der Waals surface area (Å²) in [6.07, 6.45) is 3.07. The van der Waals surface area contributed by atoms with Crippen LogP contribution in [0.1, 0.15) is 16.7 Å². The average Bonchev–Trinajstić information content (AvgIpc) is 2.55. The van der Waals surface area contributed by atoms with Gasteiger partial charge in [-0.1, -0.05) is 22.0 Å². The Labute approximate surface area is 150 Å². The van der Waals surface area contributed by atoms with Gasteiger partial charge >= 0.3 is 5.97 Å². The van der Waals surface area contributed by atoms with Gasteiger partial charge in [0.05, 0.1) is 14.2 Å². The quantitative estimate of drug-likeness (QED) is 0.421. The Morgan fingerprint density at radius 3 is 2.21 bits per heavy atom. The van der Waals surface area contributed by atoms with Gasteiger partial charge in [-0.15, -0.1) is 0 Å². The van der Waals surface area contributed by atoms with Gasteiger partial charge in [0.15, 0.2) is 11.5 Å². The summed E-state index contributed by atoms with van der Waals surface area (Å²) >= 11 is 3.42. The number of benzene rings is 2. The predicted octanol–water partition coefficient (Wildman–Crippen LogP) is 4.70. The first-order valence-electron chi connectivity index (χ1n) is 7.33. The second kappa shape index (κ2) is 8.02. The Balaban J connectivity index is 2.14. The van der Waals surface area contributed by atoms with Crippen molar-refractivity contribution in [3.63, 3.8) is 0 Å². The molecule has 2 aromatic rings. The van der Waals surface area contributed by atoms with Gasteiger partial charge in [0.25, 0.3) is 0 Å². The van der Waals surface area contributed by atoms with Crippen LogP contribution < -0.4 is 14.2 Å². The second-order valence-electron chi connectivity index (χ2n) is 5.24. The molecular weight excluding hydrogens is 372 g/mol. The summed E-state index contributed by atoms with van der Waals surface area (Å²) in [5.41, 5.74) is 2.61. The summed E-state index contributed by atoms with van der Waals surface area (Å²) in [7, 11) is 3.15. The molecule has 24 heavy (non-hydrogen) atoms. The lowest BCUT2D eigenvalue weighted by Crippen LogP contribution is -2.06. The highest BCUT2D eigenvalue weighted by molar-refractivity contribution is 9.10. The molecule has 0 aliphatic carbocycles. The van der Waals surface area contributed by atoms with E-state index >= 15 is 0 Å². The molecule has 0 aliphatic rings. The maximum absolute atomic E-state index is 12.1. The highest BCUT2D eigenvalue weighted by atomic mass is 79.9. The number of hydrogen-bond acceptors (Lipinski definition) is 4. The van der Waals surface area contributed by atoms with Gasteiger partial charge in [-0.3, -0.25) is 0 Å². The Kier molecular flexibility index (Phi) is 6.04. The summed E-state index contributed by atoms with van der Waals surface area (Å²) in [4.78, 5) is 12.1. The van der Waals surface area contributed by atoms with Gasteiger partial charge in [-0.2, -0.15) is 0 Å². The van der Waals surface area contributed by atoms with Crippen molar-refractivity contribution in [1.82, 2.24) is 0 Å². The molecule has 126 valence electrons. The molecule has 0 spiro atoms. The van der Waals surface area contributed by atoms with Crippen LogP contribution in [0.2, 0.25) is 0 Å². The molecule has 0 aromatic heterocycles. The third kappa shape index (κ3) is 4.38. The maximum Gasteiger partial charge on any atom is 0.336 e. The maximum atomic E-state index is 12.1. The summed E-state index contributed by atoms with van der Waals surface area (Å²) in [6.45, 7) is 3.80. The van der Waals surface area contributed by atoms with E-state index in [1.54, 1.807) is 32.4 Å². The van der Waals surface area contributed by atoms with E-state index in [-0.39, 0.29) is 0 Å². The van der Waals surface area contributed by atoms with E-state index < -0.39 is 5.97 Å². The molecule has 0 bridgehead atoms. The third-order valence-electron chi connectivity index (χ3n) is 3.45. The van der Waals surface area contributed by atoms with Crippen LogP contribution in [0.5, 0.6) is 17.2 Å². The van der Waals surface area contributed by atoms with E-state index in [2.05, 4.69) is 15.9 Å². The minimum atomic E-state index is -0.432. The van der Waals surface area contributed by atoms with E-state index in [0.717, 1.165) is 21.2 Å². The Hall–Kier alpha value is -2.27. The molecule has 0 radical (unpaired) electrons. The van der Waals surface area contributed by atoms with Crippen molar-refractivity contribution in [2.75, 3.05) is 14.2 Å². The molecule has 5 heteroatoms. The number of halogens is 1. The molecule has 0 N–H and O–H groups in total. The molecule has 0 amide bonds. The Morgan fingerprint density at radius 2 is 1.62 bits per heavy atom. The summed E-state index contributed by atoms with van der Waals surface area (Å²) in [5, 5.41) is 0. The first-order valence-corrected chi connectivity index (χ1v) is 8.12. The minimum absolute atomic E-state index is 0.432. The Morgan fingerprint density at radius 1 is 1.00 bits per heavy atom. The highest BCUT2D eigenvalue weighted by Gasteiger charge is 2.09. The highest BCUT2D eigenvalue weighted by Crippen LogP contribution is 2.29. The van der Waals surface area contributed by atoms with Crippen LogP contribution in [0, 0.1) is 13.8 Å². The van der Waals surface area contributed by atoms with Crippen molar-refractivity contribution in [3.8, 4) is 17.2 Å². The molecule has 4 nitrogen and oxygen atoms in total. The molecular formula is C19H19BrO4. The lowest BCUT2D eigenvalue weighted by Gasteiger charge is -2.10. The molecule has 2 aromatic carbocycles. The average molecular weight is 391 g/mol. The van der Waals surface area contributed by atoms with Crippen LogP contribution in [0.15, 0.2) is 40.9 Å². The molecule has 0 atom stereocenters. The van der Waals surface area contributed by atoms with E-state index in [9.17, 15) is 4.79 Å². The normalized spacial score (nSPS) is 10.7. The zero-order valence-corrected chi connectivity index (χ0v) is 15.6. The third-order valence-corrected chi connectivity index (χ3v) is 3.91. The van der Waals surface area contributed by atoms with E-state index in [0.29, 0.717) is 17.2 Å². The number of carbonyl (C=O) groups excluding carboxylic acids is 1. The van der Waals surface area contributed by atoms with E-state index in [4.69, 9.17) is 14.2 Å². The lowest BCUT2D eigenvalue weighted by atomic mass is 10.1. The Bertz CT molecular complexity index is 758. The van der Waals surface area contributed by atoms with Gasteiger partial charge in [0, 0.05) is 10.5 Å². The van der Waals surface area contributed by atoms with Crippen LogP contribution in [0.25, 0.3) is 6.08 Å². The molecule has 0 heterocycles. The number of rotatable bonds is 5. The zero-order valence-electron chi connectivity index (χ0n) is 14.1. The first kappa shape index (κ1) is 18.1. The standard InChI is InChI=1S/C19H19BrO4/c1-12-9-15(20)10-13(2)19(12)24-18(21)8-6-14-5-7-16(22-3)17(11-14)23-4/h5-11H,1-4H3. The first-order chi connectivity index (χ1) is 11.4. The van der Waals surface area contributed by atoms with Crippen molar-refractivity contribution in [1.29, 1.82) is 0 Å². The SMILES string of the molecule is COc1ccc(C=CC(=O)Oc2c(C)cc(Br)cc2C)cc1OC. The number of ether oxygens (including phenoxy) is 3. The molecule has 2 rings (SSSR count). The fraction of sp³-hybridized carbons (Fsp3) is 0.211. The molecule has 0 saturated carbocycles. The van der Waals surface area contributed by atoms with Crippen LogP contribution in [0.4, 0.5) is 0 Å². The van der Waals surface area contributed by atoms with Gasteiger partial charge in [0.1, 0.15) is 5.75 Å². The number of esters is 1. The number of methoxy groups -OCH3 is 2. The number of carbonyl (C=O) groups is 1. The predicted molar refractivity (Wildman–Crippen MR) is 97.8 cm³/mol. The van der Waals surface area contributed by atoms with Gasteiger partial charge < -0.3 is 14.2 Å². The number of hydrogen-bond donors (Lipinski definition) is 0. The molecule has 0 fully saturated rings. The minimum Gasteiger partial charge on any atom is -0.493 e. The lowest BCUT2D eigenvalue weighted by molar-refractivity contribution is -0.129. The topological polar surface area (TPSA) is 44.8 Å². The fourth-order valence-electron chi connectivity index (χ4n) is 2.31. The largest absolute Gasteiger partial charge is 0.493 e. The molecule has 0 saturated heterocycles. The van der Waals surface area contributed by atoms with Crippen LogP contribution in [-0.4, -0.2) is 20.2 Å². The smallest absolute Gasteiger partial charge is 0.336 e. The zero-order chi connectivity index (χ0) is 17.7. The summed E-state index contributed by atoms with van der Waals surface area (Å²) < 4.78 is 16.8. The van der Waals surface area contributed by atoms with Gasteiger partial charge in [-0.05, 0) is 60.9 Å². The summed E-state index contributed by atoms with van der Waals surface area (Å²) in [5.74, 6) is 1.39. The summed E-state index contributed by atoms with van der Waals surface area (Å²) in [6, 6.07) is 9.23. The van der Waals surface area contributed by atoms with Gasteiger partial charge in [-0.25, -0.2) is 4.79 Å². The van der Waals surface area contributed by atoms with Crippen LogP contribution >= 0.6 is 15.9 Å². The number of aryl methyl sites for hydroxylation is 2. The molecule has 0 unspecified atom stereocenters. The molecule has 0 aliphatic heterocycles. The van der Waals surface area contributed by atoms with Crippen LogP contribution in [0.3, 0.4) is 0 Å². The second-order valence-corrected chi connectivity index (χ2v) is 6.15. The van der Waals surface area contributed by atoms with Crippen molar-refractivity contribution >= 4 is 28.0 Å².